The second kappa shape index (κ2) is 6.64. The van der Waals surface area contributed by atoms with Crippen molar-refractivity contribution < 1.29 is 4.79 Å². The zero-order chi connectivity index (χ0) is 16.7. The maximum Gasteiger partial charge on any atom is 0.226 e. The summed E-state index contributed by atoms with van der Waals surface area (Å²) >= 11 is 7.02. The van der Waals surface area contributed by atoms with Gasteiger partial charge in [0.1, 0.15) is 0 Å². The summed E-state index contributed by atoms with van der Waals surface area (Å²) in [4.78, 5) is 15.1. The smallest absolute Gasteiger partial charge is 0.226 e. The van der Waals surface area contributed by atoms with E-state index in [-0.39, 0.29) is 12.0 Å². The number of halogens is 2. The van der Waals surface area contributed by atoms with Crippen molar-refractivity contribution in [2.75, 3.05) is 6.54 Å². The molecule has 3 atom stereocenters. The van der Waals surface area contributed by atoms with Crippen molar-refractivity contribution in [3.8, 4) is 0 Å². The molecule has 2 aromatic carbocycles. The number of hydrogen-bond donors (Lipinski definition) is 0. The zero-order valence-electron chi connectivity index (χ0n) is 13.3. The molecule has 2 nitrogen and oxygen atoms in total. The molecule has 2 aliphatic rings. The van der Waals surface area contributed by atoms with E-state index >= 15 is 0 Å². The Labute approximate surface area is 159 Å². The van der Waals surface area contributed by atoms with Crippen LogP contribution in [0, 0.1) is 5.92 Å². The summed E-state index contributed by atoms with van der Waals surface area (Å²) < 4.78 is 2.17. The third kappa shape index (κ3) is 3.18. The molecule has 124 valence electrons. The van der Waals surface area contributed by atoms with E-state index in [1.54, 1.807) is 0 Å². The largest absolute Gasteiger partial charge is 0.335 e. The highest BCUT2D eigenvalue weighted by molar-refractivity contribution is 9.10. The molecule has 1 saturated heterocycles. The lowest BCUT2D eigenvalue weighted by Crippen LogP contribution is -2.32. The Morgan fingerprint density at radius 1 is 1.00 bits per heavy atom. The molecule has 0 aromatic heterocycles. The number of carbonyl (C=O) groups excluding carboxylic acids is 1. The first-order valence-electron chi connectivity index (χ1n) is 8.45. The Kier molecular flexibility index (Phi) is 4.52. The molecular weight excluding hydrogens is 430 g/mol. The second-order valence-corrected chi connectivity index (χ2v) is 8.58. The van der Waals surface area contributed by atoms with Crippen LogP contribution in [0.1, 0.15) is 42.3 Å². The van der Waals surface area contributed by atoms with E-state index in [0.29, 0.717) is 11.8 Å². The molecule has 0 bridgehead atoms. The Balaban J connectivity index is 1.49. The molecular formula is C20H19Br2NO. The Morgan fingerprint density at radius 3 is 2.54 bits per heavy atom. The SMILES string of the molecule is O=C(C1CC1c1ccc(Br)cc1)N1CCCC1c1cccc(Br)c1. The van der Waals surface area contributed by atoms with Gasteiger partial charge >= 0.3 is 0 Å². The van der Waals surface area contributed by atoms with E-state index in [9.17, 15) is 4.79 Å². The minimum Gasteiger partial charge on any atom is -0.335 e. The van der Waals surface area contributed by atoms with E-state index in [0.717, 1.165) is 34.8 Å². The van der Waals surface area contributed by atoms with E-state index < -0.39 is 0 Å². The van der Waals surface area contributed by atoms with Crippen LogP contribution < -0.4 is 0 Å². The highest BCUT2D eigenvalue weighted by atomic mass is 79.9. The zero-order valence-corrected chi connectivity index (χ0v) is 16.5. The van der Waals surface area contributed by atoms with Crippen LogP contribution in [-0.4, -0.2) is 17.4 Å². The van der Waals surface area contributed by atoms with Gasteiger partial charge < -0.3 is 4.90 Å². The number of benzene rings is 2. The van der Waals surface area contributed by atoms with E-state index in [1.807, 2.05) is 6.07 Å². The van der Waals surface area contributed by atoms with Gasteiger partial charge in [-0.15, -0.1) is 0 Å². The molecule has 4 rings (SSSR count). The maximum absolute atomic E-state index is 13.0. The minimum absolute atomic E-state index is 0.166. The van der Waals surface area contributed by atoms with Crippen LogP contribution >= 0.6 is 31.9 Å². The number of amides is 1. The number of rotatable bonds is 3. The molecule has 2 aromatic rings. The van der Waals surface area contributed by atoms with Crippen molar-refractivity contribution >= 4 is 37.8 Å². The summed E-state index contributed by atoms with van der Waals surface area (Å²) in [6.45, 7) is 0.888. The van der Waals surface area contributed by atoms with Crippen molar-refractivity contribution in [3.63, 3.8) is 0 Å². The topological polar surface area (TPSA) is 20.3 Å². The van der Waals surface area contributed by atoms with Gasteiger partial charge in [0.25, 0.3) is 0 Å². The Morgan fingerprint density at radius 2 is 1.79 bits per heavy atom. The van der Waals surface area contributed by atoms with Crippen molar-refractivity contribution in [1.82, 2.24) is 4.90 Å². The summed E-state index contributed by atoms with van der Waals surface area (Å²) in [6, 6.07) is 17.0. The molecule has 1 heterocycles. The number of carbonyl (C=O) groups is 1. The molecule has 1 amide bonds. The lowest BCUT2D eigenvalue weighted by Gasteiger charge is -2.25. The highest BCUT2D eigenvalue weighted by Gasteiger charge is 2.47. The molecule has 1 aliphatic carbocycles. The molecule has 24 heavy (non-hydrogen) atoms. The third-order valence-corrected chi connectivity index (χ3v) is 6.20. The number of hydrogen-bond acceptors (Lipinski definition) is 1. The monoisotopic (exact) mass is 447 g/mol. The van der Waals surface area contributed by atoms with Gasteiger partial charge in [0, 0.05) is 21.4 Å². The first-order valence-corrected chi connectivity index (χ1v) is 10.0. The van der Waals surface area contributed by atoms with Crippen molar-refractivity contribution in [2.24, 2.45) is 5.92 Å². The molecule has 3 unspecified atom stereocenters. The van der Waals surface area contributed by atoms with Gasteiger partial charge in [-0.05, 0) is 60.6 Å². The van der Waals surface area contributed by atoms with Crippen LogP contribution in [0.4, 0.5) is 0 Å². The Bertz CT molecular complexity index is 758. The fraction of sp³-hybridized carbons (Fsp3) is 0.350. The maximum atomic E-state index is 13.0. The predicted octanol–water partition coefficient (Wildman–Crippen LogP) is 5.68. The number of nitrogens with zero attached hydrogens (tertiary/aromatic N) is 1. The average molecular weight is 449 g/mol. The molecule has 0 N–H and O–H groups in total. The summed E-state index contributed by atoms with van der Waals surface area (Å²) in [5.74, 6) is 0.902. The normalized spacial score (nSPS) is 25.8. The fourth-order valence-corrected chi connectivity index (χ4v) is 4.53. The summed E-state index contributed by atoms with van der Waals surface area (Å²) in [7, 11) is 0. The van der Waals surface area contributed by atoms with E-state index in [2.05, 4.69) is 79.2 Å². The Hall–Kier alpha value is -1.13. The summed E-state index contributed by atoms with van der Waals surface area (Å²) in [5.41, 5.74) is 2.53. The van der Waals surface area contributed by atoms with Crippen molar-refractivity contribution in [3.05, 3.63) is 68.6 Å². The molecule has 1 saturated carbocycles. The second-order valence-electron chi connectivity index (χ2n) is 6.74. The third-order valence-electron chi connectivity index (χ3n) is 5.18. The highest BCUT2D eigenvalue weighted by Crippen LogP contribution is 2.50. The van der Waals surface area contributed by atoms with Crippen molar-refractivity contribution in [1.29, 1.82) is 0 Å². The molecule has 4 heteroatoms. The predicted molar refractivity (Wildman–Crippen MR) is 103 cm³/mol. The van der Waals surface area contributed by atoms with Crippen LogP contribution in [0.5, 0.6) is 0 Å². The average Bonchev–Trinajstić information content (AvgIpc) is 3.22. The summed E-state index contributed by atoms with van der Waals surface area (Å²) in [6.07, 6.45) is 3.15. The van der Waals surface area contributed by atoms with E-state index in [1.165, 1.54) is 11.1 Å². The first kappa shape index (κ1) is 16.3. The molecule has 0 spiro atoms. The van der Waals surface area contributed by atoms with Gasteiger partial charge in [0.2, 0.25) is 5.91 Å². The molecule has 1 aliphatic heterocycles. The lowest BCUT2D eigenvalue weighted by atomic mass is 10.0. The van der Waals surface area contributed by atoms with Crippen molar-refractivity contribution in [2.45, 2.75) is 31.2 Å². The van der Waals surface area contributed by atoms with Crippen LogP contribution in [-0.2, 0) is 4.79 Å². The standard InChI is InChI=1S/C20H19Br2NO/c21-15-8-6-13(7-9-15)17-12-18(17)20(24)23-10-2-5-19(23)14-3-1-4-16(22)11-14/h1,3-4,6-9,11,17-19H,2,5,10,12H2. The van der Waals surface area contributed by atoms with Crippen LogP contribution in [0.15, 0.2) is 57.5 Å². The van der Waals surface area contributed by atoms with Gasteiger partial charge in [-0.2, -0.15) is 0 Å². The van der Waals surface area contributed by atoms with E-state index in [4.69, 9.17) is 0 Å². The molecule has 2 fully saturated rings. The molecule has 0 radical (unpaired) electrons. The summed E-state index contributed by atoms with van der Waals surface area (Å²) in [5, 5.41) is 0. The minimum atomic E-state index is 0.166. The van der Waals surface area contributed by atoms with Gasteiger partial charge in [-0.3, -0.25) is 4.79 Å². The van der Waals surface area contributed by atoms with Crippen LogP contribution in [0.3, 0.4) is 0 Å². The fourth-order valence-electron chi connectivity index (χ4n) is 3.85. The van der Waals surface area contributed by atoms with Gasteiger partial charge in [0.15, 0.2) is 0 Å². The first-order chi connectivity index (χ1) is 11.6. The quantitative estimate of drug-likeness (QED) is 0.591. The van der Waals surface area contributed by atoms with Gasteiger partial charge in [-0.25, -0.2) is 0 Å². The van der Waals surface area contributed by atoms with Crippen LogP contribution in [0.25, 0.3) is 0 Å². The lowest BCUT2D eigenvalue weighted by molar-refractivity contribution is -0.133. The number of likely N-dealkylation sites (tertiary alicyclic amines) is 1. The van der Waals surface area contributed by atoms with Gasteiger partial charge in [0.05, 0.1) is 6.04 Å². The van der Waals surface area contributed by atoms with Crippen LogP contribution in [0.2, 0.25) is 0 Å². The van der Waals surface area contributed by atoms with Gasteiger partial charge in [-0.1, -0.05) is 56.1 Å².